The highest BCUT2D eigenvalue weighted by Crippen LogP contribution is 2.53. The number of hydrogen-bond donors (Lipinski definition) is 1. The second-order valence-corrected chi connectivity index (χ2v) is 4.85. The average molecular weight is 222 g/mol. The van der Waals surface area contributed by atoms with Crippen LogP contribution in [0.2, 0.25) is 0 Å². The summed E-state index contributed by atoms with van der Waals surface area (Å²) in [6.07, 6.45) is 3.80. The third-order valence-corrected chi connectivity index (χ3v) is 3.74. The van der Waals surface area contributed by atoms with Gasteiger partial charge in [-0.3, -0.25) is 4.57 Å². The zero-order valence-corrected chi connectivity index (χ0v) is 9.87. The molecule has 1 unspecified atom stereocenters. The van der Waals surface area contributed by atoms with Gasteiger partial charge in [-0.2, -0.15) is 0 Å². The van der Waals surface area contributed by atoms with Gasteiger partial charge in [-0.1, -0.05) is 12.2 Å². The number of aliphatic hydroxyl groups is 1. The van der Waals surface area contributed by atoms with Crippen LogP contribution in [0.5, 0.6) is 0 Å². The lowest BCUT2D eigenvalue weighted by molar-refractivity contribution is 0.150. The molecular weight excluding hydrogens is 203 g/mol. The van der Waals surface area contributed by atoms with Crippen LogP contribution in [0, 0.1) is 0 Å². The fourth-order valence-electron chi connectivity index (χ4n) is 0.956. The Labute approximate surface area is 85.5 Å². The fraction of sp³-hybridized carbons (Fsp3) is 0.778. The van der Waals surface area contributed by atoms with Gasteiger partial charge in [0.25, 0.3) is 0 Å². The summed E-state index contributed by atoms with van der Waals surface area (Å²) >= 11 is 0. The van der Waals surface area contributed by atoms with Crippen molar-refractivity contribution in [3.63, 3.8) is 0 Å². The summed E-state index contributed by atoms with van der Waals surface area (Å²) in [7, 11) is -3.34. The summed E-state index contributed by atoms with van der Waals surface area (Å²) in [6, 6.07) is 0. The van der Waals surface area contributed by atoms with Crippen molar-refractivity contribution >= 4 is 7.60 Å². The van der Waals surface area contributed by atoms with Gasteiger partial charge in [0.05, 0.1) is 13.2 Å². The van der Waals surface area contributed by atoms with E-state index in [4.69, 9.17) is 9.05 Å². The molecule has 0 rings (SSSR count). The molecule has 0 saturated heterocycles. The van der Waals surface area contributed by atoms with E-state index in [-0.39, 0.29) is 19.6 Å². The topological polar surface area (TPSA) is 55.8 Å². The molecule has 84 valence electrons. The van der Waals surface area contributed by atoms with Gasteiger partial charge in [0, 0.05) is 6.42 Å². The molecule has 0 aromatic heterocycles. The lowest BCUT2D eigenvalue weighted by Crippen LogP contribution is -2.11. The highest BCUT2D eigenvalue weighted by Gasteiger charge is 2.32. The van der Waals surface area contributed by atoms with E-state index in [9.17, 15) is 9.67 Å². The van der Waals surface area contributed by atoms with Crippen molar-refractivity contribution in [1.29, 1.82) is 0 Å². The minimum Gasteiger partial charge on any atom is -0.380 e. The van der Waals surface area contributed by atoms with E-state index in [1.165, 1.54) is 0 Å². The van der Waals surface area contributed by atoms with Crippen LogP contribution in [-0.2, 0) is 13.6 Å². The van der Waals surface area contributed by atoms with Crippen molar-refractivity contribution in [3.8, 4) is 0 Å². The van der Waals surface area contributed by atoms with E-state index in [0.717, 1.165) is 0 Å². The van der Waals surface area contributed by atoms with E-state index < -0.39 is 13.4 Å². The molecule has 0 bridgehead atoms. The Bertz CT molecular complexity index is 205. The number of rotatable bonds is 7. The van der Waals surface area contributed by atoms with Gasteiger partial charge in [0.1, 0.15) is 0 Å². The van der Waals surface area contributed by atoms with Crippen LogP contribution in [0.1, 0.15) is 27.2 Å². The first kappa shape index (κ1) is 13.8. The van der Waals surface area contributed by atoms with Gasteiger partial charge in [-0.25, -0.2) is 0 Å². The zero-order chi connectivity index (χ0) is 11.0. The minimum atomic E-state index is -3.34. The Hall–Kier alpha value is -0.150. The molecule has 0 heterocycles. The molecule has 0 aliphatic carbocycles. The van der Waals surface area contributed by atoms with Crippen LogP contribution in [0.3, 0.4) is 0 Å². The lowest BCUT2D eigenvalue weighted by atomic mass is 10.4. The van der Waals surface area contributed by atoms with E-state index in [0.29, 0.717) is 0 Å². The van der Waals surface area contributed by atoms with Crippen molar-refractivity contribution in [2.75, 3.05) is 13.2 Å². The van der Waals surface area contributed by atoms with Gasteiger partial charge in [-0.05, 0) is 20.8 Å². The highest BCUT2D eigenvalue weighted by molar-refractivity contribution is 7.54. The minimum absolute atomic E-state index is 0.268. The van der Waals surface area contributed by atoms with Crippen molar-refractivity contribution in [2.45, 2.75) is 33.0 Å². The molecular formula is C9H19O4P. The Kier molecular flexibility index (Phi) is 7.11. The molecule has 0 aliphatic rings. The SMILES string of the molecule is C/C=C/CC(O)P(=O)(OCC)OCC. The van der Waals surface area contributed by atoms with E-state index in [1.54, 1.807) is 26.0 Å². The summed E-state index contributed by atoms with van der Waals surface area (Å²) in [5.41, 5.74) is 0. The molecule has 1 N–H and O–H groups in total. The number of allylic oxidation sites excluding steroid dienone is 1. The van der Waals surface area contributed by atoms with E-state index in [1.807, 2.05) is 6.92 Å². The first-order chi connectivity index (χ1) is 6.60. The number of hydrogen-bond acceptors (Lipinski definition) is 4. The van der Waals surface area contributed by atoms with Crippen LogP contribution >= 0.6 is 7.60 Å². The van der Waals surface area contributed by atoms with Crippen LogP contribution in [0.15, 0.2) is 12.2 Å². The monoisotopic (exact) mass is 222 g/mol. The lowest BCUT2D eigenvalue weighted by Gasteiger charge is -2.21. The maximum Gasteiger partial charge on any atom is 0.359 e. The molecule has 5 heteroatoms. The zero-order valence-electron chi connectivity index (χ0n) is 8.97. The third-order valence-electron chi connectivity index (χ3n) is 1.57. The molecule has 0 amide bonds. The smallest absolute Gasteiger partial charge is 0.359 e. The van der Waals surface area contributed by atoms with Crippen LogP contribution in [0.25, 0.3) is 0 Å². The Balaban J connectivity index is 4.38. The Morgan fingerprint density at radius 1 is 1.36 bits per heavy atom. The molecule has 0 radical (unpaired) electrons. The van der Waals surface area contributed by atoms with E-state index >= 15 is 0 Å². The molecule has 0 aromatic rings. The van der Waals surface area contributed by atoms with Gasteiger partial charge in [0.2, 0.25) is 0 Å². The van der Waals surface area contributed by atoms with Crippen molar-refractivity contribution in [1.82, 2.24) is 0 Å². The average Bonchev–Trinajstić information content (AvgIpc) is 2.15. The van der Waals surface area contributed by atoms with Crippen LogP contribution in [-0.4, -0.2) is 24.2 Å². The molecule has 14 heavy (non-hydrogen) atoms. The molecule has 0 aromatic carbocycles. The summed E-state index contributed by atoms with van der Waals surface area (Å²) in [5.74, 6) is -1.07. The summed E-state index contributed by atoms with van der Waals surface area (Å²) in [4.78, 5) is 0. The van der Waals surface area contributed by atoms with Gasteiger partial charge in [-0.15, -0.1) is 0 Å². The largest absolute Gasteiger partial charge is 0.380 e. The third kappa shape index (κ3) is 4.38. The first-order valence-electron chi connectivity index (χ1n) is 4.78. The first-order valence-corrected chi connectivity index (χ1v) is 6.39. The van der Waals surface area contributed by atoms with Gasteiger partial charge < -0.3 is 14.2 Å². The van der Waals surface area contributed by atoms with Crippen LogP contribution < -0.4 is 0 Å². The fourth-order valence-corrected chi connectivity index (χ4v) is 2.47. The molecule has 0 spiro atoms. The maximum atomic E-state index is 11.9. The molecule has 4 nitrogen and oxygen atoms in total. The molecule has 0 fully saturated rings. The summed E-state index contributed by atoms with van der Waals surface area (Å²) in [5, 5.41) is 9.60. The van der Waals surface area contributed by atoms with E-state index in [2.05, 4.69) is 0 Å². The second-order valence-electron chi connectivity index (χ2n) is 2.66. The Morgan fingerprint density at radius 2 is 1.86 bits per heavy atom. The Morgan fingerprint density at radius 3 is 2.21 bits per heavy atom. The molecule has 0 saturated carbocycles. The highest BCUT2D eigenvalue weighted by atomic mass is 31.2. The molecule has 0 aliphatic heterocycles. The summed E-state index contributed by atoms with van der Waals surface area (Å²) in [6.45, 7) is 5.80. The van der Waals surface area contributed by atoms with Gasteiger partial charge in [0.15, 0.2) is 5.85 Å². The van der Waals surface area contributed by atoms with Crippen molar-refractivity contribution in [2.24, 2.45) is 0 Å². The second kappa shape index (κ2) is 7.18. The van der Waals surface area contributed by atoms with Crippen LogP contribution in [0.4, 0.5) is 0 Å². The standard InChI is InChI=1S/C9H19O4P/c1-4-7-8-9(10)14(11,12-5-2)13-6-3/h4,7,9-10H,5-6,8H2,1-3H3/b7-4+. The predicted octanol–water partition coefficient (Wildman–Crippen LogP) is 2.54. The number of aliphatic hydroxyl groups excluding tert-OH is 1. The predicted molar refractivity (Wildman–Crippen MR) is 56.3 cm³/mol. The maximum absolute atomic E-state index is 11.9. The quantitative estimate of drug-likeness (QED) is 0.531. The normalized spacial score (nSPS) is 14.9. The molecule has 1 atom stereocenters. The van der Waals surface area contributed by atoms with Gasteiger partial charge >= 0.3 is 7.60 Å². The summed E-state index contributed by atoms with van der Waals surface area (Å²) < 4.78 is 21.8. The van der Waals surface area contributed by atoms with Crippen molar-refractivity contribution in [3.05, 3.63) is 12.2 Å². The van der Waals surface area contributed by atoms with Crippen molar-refractivity contribution < 1.29 is 18.7 Å².